The molecule has 0 spiro atoms. The molecule has 0 aliphatic heterocycles. The molecule has 2 rings (SSSR count). The van der Waals surface area contributed by atoms with E-state index in [1.165, 1.54) is 12.1 Å². The average molecular weight is 315 g/mol. The summed E-state index contributed by atoms with van der Waals surface area (Å²) in [5, 5.41) is -0.0692. The second kappa shape index (κ2) is 5.68. The van der Waals surface area contributed by atoms with Gasteiger partial charge in [-0.1, -0.05) is 29.8 Å². The Labute approximate surface area is 121 Å². The van der Waals surface area contributed by atoms with E-state index in [1.807, 2.05) is 0 Å². The van der Waals surface area contributed by atoms with E-state index in [9.17, 15) is 12.8 Å². The highest BCUT2D eigenvalue weighted by Gasteiger charge is 2.14. The molecule has 7 heteroatoms. The number of hydrogen-bond donors (Lipinski definition) is 2. The number of anilines is 2. The maximum Gasteiger partial charge on any atom is 0.236 e. The van der Waals surface area contributed by atoms with Crippen molar-refractivity contribution >= 4 is 33.0 Å². The minimum absolute atomic E-state index is 0.0692. The number of nitrogens with one attached hydrogen (secondary N) is 1. The molecule has 0 radical (unpaired) electrons. The zero-order chi connectivity index (χ0) is 14.8. The van der Waals surface area contributed by atoms with Crippen LogP contribution >= 0.6 is 11.6 Å². The molecule has 0 atom stereocenters. The minimum Gasteiger partial charge on any atom is -0.398 e. The average Bonchev–Trinajstić information content (AvgIpc) is 2.36. The highest BCUT2D eigenvalue weighted by Crippen LogP contribution is 2.21. The third-order valence-corrected chi connectivity index (χ3v) is 4.14. The van der Waals surface area contributed by atoms with Crippen LogP contribution in [0.25, 0.3) is 0 Å². The van der Waals surface area contributed by atoms with Gasteiger partial charge in [0.1, 0.15) is 5.82 Å². The van der Waals surface area contributed by atoms with E-state index in [0.717, 1.165) is 6.07 Å². The molecule has 106 valence electrons. The van der Waals surface area contributed by atoms with E-state index in [1.54, 1.807) is 24.3 Å². The fourth-order valence-electron chi connectivity index (χ4n) is 1.65. The molecule has 0 aliphatic rings. The quantitative estimate of drug-likeness (QED) is 0.852. The van der Waals surface area contributed by atoms with Gasteiger partial charge in [0.25, 0.3) is 0 Å². The first-order valence-electron chi connectivity index (χ1n) is 5.66. The molecule has 2 aromatic carbocycles. The third kappa shape index (κ3) is 3.61. The van der Waals surface area contributed by atoms with E-state index < -0.39 is 15.8 Å². The number of rotatable bonds is 4. The Morgan fingerprint density at radius 2 is 1.90 bits per heavy atom. The zero-order valence-corrected chi connectivity index (χ0v) is 11.9. The van der Waals surface area contributed by atoms with Gasteiger partial charge in [-0.25, -0.2) is 12.8 Å². The van der Waals surface area contributed by atoms with Crippen LogP contribution in [0.4, 0.5) is 15.8 Å². The van der Waals surface area contributed by atoms with Gasteiger partial charge >= 0.3 is 0 Å². The van der Waals surface area contributed by atoms with Gasteiger partial charge < -0.3 is 5.73 Å². The summed E-state index contributed by atoms with van der Waals surface area (Å²) < 4.78 is 39.5. The maximum absolute atomic E-state index is 13.3. The standard InChI is InChI=1S/C13H12ClFN2O2S/c14-11-6-5-10(7-12(11)15)17-20(18,19)8-9-3-1-2-4-13(9)16/h1-7,17H,8,16H2. The predicted octanol–water partition coefficient (Wildman–Crippen LogP) is 3.00. The number of benzene rings is 2. The lowest BCUT2D eigenvalue weighted by Gasteiger charge is -2.10. The summed E-state index contributed by atoms with van der Waals surface area (Å²) in [6.45, 7) is 0. The molecule has 0 aromatic heterocycles. The van der Waals surface area contributed by atoms with E-state index >= 15 is 0 Å². The van der Waals surface area contributed by atoms with Gasteiger partial charge in [-0.3, -0.25) is 4.72 Å². The van der Waals surface area contributed by atoms with E-state index in [2.05, 4.69) is 4.72 Å². The van der Waals surface area contributed by atoms with Crippen molar-refractivity contribution in [2.45, 2.75) is 5.75 Å². The minimum atomic E-state index is -3.68. The largest absolute Gasteiger partial charge is 0.398 e. The molecule has 0 bridgehead atoms. The fraction of sp³-hybridized carbons (Fsp3) is 0.0769. The fourth-order valence-corrected chi connectivity index (χ4v) is 2.99. The van der Waals surface area contributed by atoms with Crippen LogP contribution < -0.4 is 10.5 Å². The zero-order valence-electron chi connectivity index (χ0n) is 10.3. The van der Waals surface area contributed by atoms with Gasteiger partial charge in [0.2, 0.25) is 10.0 Å². The van der Waals surface area contributed by atoms with Crippen molar-refractivity contribution < 1.29 is 12.8 Å². The molecule has 0 saturated heterocycles. The summed E-state index contributed by atoms with van der Waals surface area (Å²) in [6, 6.07) is 10.3. The lowest BCUT2D eigenvalue weighted by molar-refractivity contribution is 0.600. The third-order valence-electron chi connectivity index (χ3n) is 2.59. The van der Waals surface area contributed by atoms with Crippen molar-refractivity contribution in [3.8, 4) is 0 Å². The molecule has 0 fully saturated rings. The van der Waals surface area contributed by atoms with E-state index in [0.29, 0.717) is 11.3 Å². The molecule has 0 unspecified atom stereocenters. The van der Waals surface area contributed by atoms with Gasteiger partial charge in [-0.05, 0) is 29.8 Å². The second-order valence-corrected chi connectivity index (χ2v) is 6.32. The van der Waals surface area contributed by atoms with Crippen molar-refractivity contribution in [1.29, 1.82) is 0 Å². The summed E-state index contributed by atoms with van der Waals surface area (Å²) in [4.78, 5) is 0. The van der Waals surface area contributed by atoms with Crippen molar-refractivity contribution in [1.82, 2.24) is 0 Å². The Balaban J connectivity index is 2.19. The molecule has 0 heterocycles. The summed E-state index contributed by atoms with van der Waals surface area (Å²) in [7, 11) is -3.68. The van der Waals surface area contributed by atoms with Crippen molar-refractivity contribution in [2.24, 2.45) is 0 Å². The Bertz CT molecular complexity index is 735. The van der Waals surface area contributed by atoms with Crippen LogP contribution in [0.1, 0.15) is 5.56 Å². The maximum atomic E-state index is 13.3. The predicted molar refractivity (Wildman–Crippen MR) is 78.5 cm³/mol. The Morgan fingerprint density at radius 1 is 1.20 bits per heavy atom. The van der Waals surface area contributed by atoms with Gasteiger partial charge in [-0.15, -0.1) is 0 Å². The van der Waals surface area contributed by atoms with Gasteiger partial charge in [0.05, 0.1) is 16.5 Å². The molecule has 0 amide bonds. The van der Waals surface area contributed by atoms with Gasteiger partial charge in [-0.2, -0.15) is 0 Å². The second-order valence-electron chi connectivity index (χ2n) is 4.19. The molecule has 4 nitrogen and oxygen atoms in total. The van der Waals surface area contributed by atoms with E-state index in [4.69, 9.17) is 17.3 Å². The highest BCUT2D eigenvalue weighted by molar-refractivity contribution is 7.91. The number of para-hydroxylation sites is 1. The molecule has 0 aliphatic carbocycles. The molecular formula is C13H12ClFN2O2S. The van der Waals surface area contributed by atoms with Crippen molar-refractivity contribution in [2.75, 3.05) is 10.5 Å². The lowest BCUT2D eigenvalue weighted by atomic mass is 10.2. The number of nitrogens with two attached hydrogens (primary N) is 1. The number of halogens is 2. The van der Waals surface area contributed by atoms with Gasteiger partial charge in [0.15, 0.2) is 0 Å². The highest BCUT2D eigenvalue weighted by atomic mass is 35.5. The lowest BCUT2D eigenvalue weighted by Crippen LogP contribution is -2.16. The van der Waals surface area contributed by atoms with Crippen molar-refractivity contribution in [3.63, 3.8) is 0 Å². The SMILES string of the molecule is Nc1ccccc1CS(=O)(=O)Nc1ccc(Cl)c(F)c1. The van der Waals surface area contributed by atoms with E-state index in [-0.39, 0.29) is 16.5 Å². The van der Waals surface area contributed by atoms with Crippen LogP contribution in [0.3, 0.4) is 0 Å². The summed E-state index contributed by atoms with van der Waals surface area (Å²) >= 11 is 5.53. The first-order chi connectivity index (χ1) is 9.37. The normalized spacial score (nSPS) is 11.3. The first kappa shape index (κ1) is 14.6. The summed E-state index contributed by atoms with van der Waals surface area (Å²) in [5.41, 5.74) is 6.68. The molecule has 0 saturated carbocycles. The molecule has 3 N–H and O–H groups in total. The summed E-state index contributed by atoms with van der Waals surface area (Å²) in [6.07, 6.45) is 0. The number of sulfonamides is 1. The van der Waals surface area contributed by atoms with Crippen LogP contribution in [0.5, 0.6) is 0 Å². The van der Waals surface area contributed by atoms with Crippen LogP contribution in [-0.2, 0) is 15.8 Å². The van der Waals surface area contributed by atoms with Crippen LogP contribution in [0, 0.1) is 5.82 Å². The topological polar surface area (TPSA) is 72.2 Å². The first-order valence-corrected chi connectivity index (χ1v) is 7.69. The number of hydrogen-bond acceptors (Lipinski definition) is 3. The Morgan fingerprint density at radius 3 is 2.55 bits per heavy atom. The summed E-state index contributed by atoms with van der Waals surface area (Å²) in [5.74, 6) is -0.977. The monoisotopic (exact) mass is 314 g/mol. The number of nitrogen functional groups attached to an aromatic ring is 1. The molecular weight excluding hydrogens is 303 g/mol. The Hall–Kier alpha value is -1.79. The van der Waals surface area contributed by atoms with Crippen LogP contribution in [-0.4, -0.2) is 8.42 Å². The van der Waals surface area contributed by atoms with Crippen molar-refractivity contribution in [3.05, 3.63) is 58.9 Å². The molecule has 2 aromatic rings. The van der Waals surface area contributed by atoms with Crippen LogP contribution in [0.2, 0.25) is 5.02 Å². The Kier molecular flexibility index (Phi) is 4.15. The van der Waals surface area contributed by atoms with Crippen LogP contribution in [0.15, 0.2) is 42.5 Å². The van der Waals surface area contributed by atoms with Gasteiger partial charge in [0, 0.05) is 5.69 Å². The molecule has 20 heavy (non-hydrogen) atoms. The smallest absolute Gasteiger partial charge is 0.236 e.